The Balaban J connectivity index is 4.42. The Hall–Kier alpha value is -1.86. The molecular formula is C9H10N2O. The van der Waals surface area contributed by atoms with E-state index in [9.17, 15) is 4.79 Å². The minimum Gasteiger partial charge on any atom is -0.267 e. The summed E-state index contributed by atoms with van der Waals surface area (Å²) in [6.07, 6.45) is 4.44. The third kappa shape index (κ3) is 3.34. The van der Waals surface area contributed by atoms with Gasteiger partial charge < -0.3 is 0 Å². The quantitative estimate of drug-likeness (QED) is 0.287. The molecule has 0 aliphatic heterocycles. The van der Waals surface area contributed by atoms with E-state index in [4.69, 9.17) is 0 Å². The van der Waals surface area contributed by atoms with Crippen LogP contribution in [0, 0.1) is 0 Å². The maximum absolute atomic E-state index is 11.1. The summed E-state index contributed by atoms with van der Waals surface area (Å²) in [7, 11) is 0. The Bertz CT molecular complexity index is 270. The van der Waals surface area contributed by atoms with Gasteiger partial charge in [-0.3, -0.25) is 4.79 Å². The summed E-state index contributed by atoms with van der Waals surface area (Å²) in [5.41, 5.74) is 2.59. The predicted molar refractivity (Wildman–Crippen MR) is 49.7 cm³/mol. The molecule has 0 aromatic heterocycles. The maximum atomic E-state index is 11.1. The summed E-state index contributed by atoms with van der Waals surface area (Å²) in [6, 6.07) is 0. The summed E-state index contributed by atoms with van der Waals surface area (Å²) < 4.78 is 0. The van der Waals surface area contributed by atoms with Gasteiger partial charge in [-0.1, -0.05) is 31.4 Å². The van der Waals surface area contributed by atoms with Gasteiger partial charge in [0.1, 0.15) is 0 Å². The van der Waals surface area contributed by atoms with Gasteiger partial charge in [-0.15, -0.1) is 5.10 Å². The monoisotopic (exact) mass is 162 g/mol. The van der Waals surface area contributed by atoms with Crippen molar-refractivity contribution in [3.05, 3.63) is 43.5 Å². The Morgan fingerprint density at radius 1 is 1.50 bits per heavy atom. The molecular weight excluding hydrogens is 152 g/mol. The van der Waals surface area contributed by atoms with Crippen LogP contribution in [0.2, 0.25) is 0 Å². The first-order chi connectivity index (χ1) is 5.76. The Morgan fingerprint density at radius 3 is 2.58 bits per heavy atom. The molecule has 0 saturated heterocycles. The molecule has 0 spiro atoms. The van der Waals surface area contributed by atoms with Gasteiger partial charge in [0.05, 0.1) is 0 Å². The van der Waals surface area contributed by atoms with E-state index in [2.05, 4.69) is 36.1 Å². The van der Waals surface area contributed by atoms with Gasteiger partial charge >= 0.3 is 0 Å². The second-order valence-corrected chi connectivity index (χ2v) is 1.77. The van der Waals surface area contributed by atoms with E-state index < -0.39 is 0 Å². The van der Waals surface area contributed by atoms with Crippen molar-refractivity contribution in [1.82, 2.24) is 5.43 Å². The second kappa shape index (κ2) is 5.89. The van der Waals surface area contributed by atoms with Crippen molar-refractivity contribution in [2.24, 2.45) is 5.10 Å². The number of nitrogens with zero attached hydrogens (tertiary/aromatic N) is 1. The van der Waals surface area contributed by atoms with Crippen LogP contribution in [-0.4, -0.2) is 11.8 Å². The minimum atomic E-state index is -0.360. The average molecular weight is 162 g/mol. The van der Waals surface area contributed by atoms with E-state index in [-0.39, 0.29) is 5.91 Å². The van der Waals surface area contributed by atoms with Crippen molar-refractivity contribution in [2.75, 3.05) is 0 Å². The fourth-order valence-electron chi connectivity index (χ4n) is 0.518. The predicted octanol–water partition coefficient (Wildman–Crippen LogP) is 1.17. The molecule has 0 fully saturated rings. The highest BCUT2D eigenvalue weighted by Gasteiger charge is 2.01. The zero-order valence-electron chi connectivity index (χ0n) is 6.71. The summed E-state index contributed by atoms with van der Waals surface area (Å²) in [5, 5.41) is 3.34. The van der Waals surface area contributed by atoms with Crippen LogP contribution in [0.4, 0.5) is 0 Å². The summed E-state index contributed by atoms with van der Waals surface area (Å²) in [5.74, 6) is 1.82. The summed E-state index contributed by atoms with van der Waals surface area (Å²) in [6.45, 7) is 10.1. The van der Waals surface area contributed by atoms with Gasteiger partial charge in [-0.25, -0.2) is 5.43 Å². The Kier molecular flexibility index (Phi) is 4.98. The third-order valence-corrected chi connectivity index (χ3v) is 1.02. The van der Waals surface area contributed by atoms with Crippen LogP contribution in [0.15, 0.2) is 48.6 Å². The van der Waals surface area contributed by atoms with Crippen molar-refractivity contribution < 1.29 is 4.79 Å². The zero-order chi connectivity index (χ0) is 9.40. The molecule has 0 heterocycles. The van der Waals surface area contributed by atoms with Gasteiger partial charge in [0, 0.05) is 11.4 Å². The number of hydrogen-bond acceptors (Lipinski definition) is 2. The number of rotatable bonds is 4. The van der Waals surface area contributed by atoms with E-state index in [0.717, 1.165) is 0 Å². The lowest BCUT2D eigenvalue weighted by molar-refractivity contribution is -0.117. The van der Waals surface area contributed by atoms with Crippen molar-refractivity contribution in [3.63, 3.8) is 0 Å². The fourth-order valence-corrected chi connectivity index (χ4v) is 0.518. The van der Waals surface area contributed by atoms with Crippen LogP contribution in [0.25, 0.3) is 0 Å². The van der Waals surface area contributed by atoms with Gasteiger partial charge in [0.2, 0.25) is 0 Å². The molecule has 1 amide bonds. The first-order valence-electron chi connectivity index (χ1n) is 3.23. The molecule has 0 atom stereocenters. The smallest absolute Gasteiger partial charge is 0.267 e. The number of carbonyl (C=O) groups excluding carboxylic acids is 1. The first-order valence-corrected chi connectivity index (χ1v) is 3.23. The molecule has 0 unspecified atom stereocenters. The molecule has 1 N–H and O–H groups in total. The number of carbonyl (C=O) groups is 1. The molecule has 0 aliphatic rings. The highest BCUT2D eigenvalue weighted by molar-refractivity contribution is 5.96. The molecule has 0 saturated carbocycles. The van der Waals surface area contributed by atoms with Crippen molar-refractivity contribution in [1.29, 1.82) is 0 Å². The number of hydrogen-bond donors (Lipinski definition) is 1. The lowest BCUT2D eigenvalue weighted by atomic mass is 10.2. The van der Waals surface area contributed by atoms with E-state index >= 15 is 0 Å². The second-order valence-electron chi connectivity index (χ2n) is 1.77. The van der Waals surface area contributed by atoms with Gasteiger partial charge in [-0.05, 0) is 6.58 Å². The molecule has 62 valence electrons. The first kappa shape index (κ1) is 10.1. The van der Waals surface area contributed by atoms with E-state index in [0.29, 0.717) is 5.57 Å². The van der Waals surface area contributed by atoms with Crippen LogP contribution < -0.4 is 5.43 Å². The molecule has 0 aliphatic carbocycles. The maximum Gasteiger partial charge on any atom is 0.271 e. The number of nitrogens with one attached hydrogen (secondary N) is 1. The molecule has 12 heavy (non-hydrogen) atoms. The Morgan fingerprint density at radius 2 is 2.17 bits per heavy atom. The summed E-state index contributed by atoms with van der Waals surface area (Å²) >= 11 is 0. The largest absolute Gasteiger partial charge is 0.271 e. The van der Waals surface area contributed by atoms with Gasteiger partial charge in [0.25, 0.3) is 5.91 Å². The van der Waals surface area contributed by atoms with Crippen LogP contribution in [-0.2, 0) is 4.79 Å². The minimum absolute atomic E-state index is 0.360. The van der Waals surface area contributed by atoms with Crippen molar-refractivity contribution >= 4 is 11.8 Å². The molecule has 0 bridgehead atoms. The molecule has 3 nitrogen and oxygen atoms in total. The molecule has 0 aromatic rings. The Labute approximate surface area is 71.5 Å². The lowest BCUT2D eigenvalue weighted by Crippen LogP contribution is -2.17. The molecule has 0 rings (SSSR count). The zero-order valence-corrected chi connectivity index (χ0v) is 6.71. The SMILES string of the molecule is C=C=NNC(=O)/C(C=C)=C/C=C. The van der Waals surface area contributed by atoms with Gasteiger partial charge in [0.15, 0.2) is 0 Å². The van der Waals surface area contributed by atoms with Crippen LogP contribution >= 0.6 is 0 Å². The number of hydrazone groups is 1. The highest BCUT2D eigenvalue weighted by Crippen LogP contribution is 1.95. The van der Waals surface area contributed by atoms with Crippen molar-refractivity contribution in [3.8, 4) is 0 Å². The standard InChI is InChI=1S/C9H10N2O/c1-4-7-8(5-2)9(12)11-10-6-3/h4-5,7H,1-3H2,(H,11,12)/b8-7+. The summed E-state index contributed by atoms with van der Waals surface area (Å²) in [4.78, 5) is 11.1. The van der Waals surface area contributed by atoms with E-state index in [1.807, 2.05) is 0 Å². The third-order valence-electron chi connectivity index (χ3n) is 1.02. The fraction of sp³-hybridized carbons (Fsp3) is 0. The average Bonchev–Trinajstić information content (AvgIpc) is 2.10. The molecule has 0 radical (unpaired) electrons. The van der Waals surface area contributed by atoms with Crippen LogP contribution in [0.5, 0.6) is 0 Å². The van der Waals surface area contributed by atoms with Crippen molar-refractivity contribution in [2.45, 2.75) is 0 Å². The number of allylic oxidation sites excluding steroid dienone is 2. The van der Waals surface area contributed by atoms with E-state index in [1.165, 1.54) is 18.2 Å². The topological polar surface area (TPSA) is 41.5 Å². The number of amides is 1. The lowest BCUT2D eigenvalue weighted by Gasteiger charge is -1.96. The van der Waals surface area contributed by atoms with Crippen LogP contribution in [0.3, 0.4) is 0 Å². The molecule has 3 heteroatoms. The van der Waals surface area contributed by atoms with Gasteiger partial charge in [-0.2, -0.15) is 0 Å². The van der Waals surface area contributed by atoms with Crippen LogP contribution in [0.1, 0.15) is 0 Å². The van der Waals surface area contributed by atoms with E-state index in [1.54, 1.807) is 0 Å². The molecule has 0 aromatic carbocycles. The highest BCUT2D eigenvalue weighted by atomic mass is 16.2. The normalized spacial score (nSPS) is 9.50.